The van der Waals surface area contributed by atoms with Crippen LogP contribution in [0.5, 0.6) is 0 Å². The lowest BCUT2D eigenvalue weighted by atomic mass is 9.96. The Morgan fingerprint density at radius 2 is 1.73 bits per heavy atom. The molecule has 2 aliphatic rings. The van der Waals surface area contributed by atoms with Gasteiger partial charge in [0.2, 0.25) is 0 Å². The van der Waals surface area contributed by atoms with Crippen LogP contribution in [0.25, 0.3) is 0 Å². The number of carbonyl (C=O) groups is 1. The first-order chi connectivity index (χ1) is 7.05. The van der Waals surface area contributed by atoms with Gasteiger partial charge in [-0.15, -0.1) is 0 Å². The first-order valence-electron chi connectivity index (χ1n) is 5.43. The summed E-state index contributed by atoms with van der Waals surface area (Å²) in [6, 6.07) is 0. The second kappa shape index (κ2) is 4.22. The van der Waals surface area contributed by atoms with Gasteiger partial charge in [0.25, 0.3) is 0 Å². The lowest BCUT2D eigenvalue weighted by Gasteiger charge is -2.24. The molecule has 1 aliphatic heterocycles. The van der Waals surface area contributed by atoms with Gasteiger partial charge >= 0.3 is 0 Å². The van der Waals surface area contributed by atoms with Crippen molar-refractivity contribution in [1.82, 2.24) is 0 Å². The molecule has 2 rings (SSSR count). The summed E-state index contributed by atoms with van der Waals surface area (Å²) in [6.45, 7) is 0. The summed E-state index contributed by atoms with van der Waals surface area (Å²) in [7, 11) is -2.85. The highest BCUT2D eigenvalue weighted by atomic mass is 32.2. The predicted molar refractivity (Wildman–Crippen MR) is 55.4 cm³/mol. The lowest BCUT2D eigenvalue weighted by molar-refractivity contribution is -0.124. The highest BCUT2D eigenvalue weighted by Gasteiger charge is 2.31. The number of carbonyl (C=O) groups excluding carboxylic acids is 1. The van der Waals surface area contributed by atoms with E-state index in [0.29, 0.717) is 25.0 Å². The van der Waals surface area contributed by atoms with Gasteiger partial charge in [0.1, 0.15) is 5.78 Å². The average Bonchev–Trinajstić information content (AvgIpc) is 2.50. The third-order valence-electron chi connectivity index (χ3n) is 3.07. The van der Waals surface area contributed by atoms with E-state index in [1.165, 1.54) is 0 Å². The molecule has 0 spiro atoms. The van der Waals surface area contributed by atoms with E-state index in [1.54, 1.807) is 0 Å². The van der Waals surface area contributed by atoms with E-state index in [0.717, 1.165) is 12.8 Å². The van der Waals surface area contributed by atoms with Gasteiger partial charge in [-0.05, 0) is 19.3 Å². The number of ether oxygens (including phenoxy) is 1. The van der Waals surface area contributed by atoms with Crippen LogP contribution in [0.3, 0.4) is 0 Å². The van der Waals surface area contributed by atoms with Crippen LogP contribution in [0.2, 0.25) is 0 Å². The second-order valence-electron chi connectivity index (χ2n) is 4.40. The summed E-state index contributed by atoms with van der Waals surface area (Å²) in [5.74, 6) is 0.717. The van der Waals surface area contributed by atoms with Gasteiger partial charge in [-0.25, -0.2) is 8.42 Å². The molecule has 2 fully saturated rings. The van der Waals surface area contributed by atoms with E-state index in [4.69, 9.17) is 4.74 Å². The van der Waals surface area contributed by atoms with Crippen LogP contribution in [-0.4, -0.2) is 37.9 Å². The maximum atomic E-state index is 11.2. The maximum Gasteiger partial charge on any atom is 0.152 e. The minimum atomic E-state index is -2.85. The van der Waals surface area contributed by atoms with Gasteiger partial charge in [0, 0.05) is 12.8 Å². The molecule has 1 atom stereocenters. The number of rotatable bonds is 2. The smallest absolute Gasteiger partial charge is 0.152 e. The van der Waals surface area contributed by atoms with Crippen molar-refractivity contribution in [3.63, 3.8) is 0 Å². The van der Waals surface area contributed by atoms with Crippen molar-refractivity contribution in [2.45, 2.75) is 44.3 Å². The molecule has 0 aromatic rings. The van der Waals surface area contributed by atoms with E-state index in [9.17, 15) is 13.2 Å². The fourth-order valence-corrected chi connectivity index (χ4v) is 3.79. The van der Waals surface area contributed by atoms with Gasteiger partial charge in [-0.3, -0.25) is 4.79 Å². The minimum absolute atomic E-state index is 0.0981. The predicted octanol–water partition coefficient (Wildman–Crippen LogP) is 0.702. The Bertz CT molecular complexity index is 336. The Kier molecular flexibility index (Phi) is 3.11. The monoisotopic (exact) mass is 232 g/mol. The molecule has 1 saturated carbocycles. The van der Waals surface area contributed by atoms with Gasteiger partial charge in [0.15, 0.2) is 9.84 Å². The van der Waals surface area contributed by atoms with E-state index in [1.807, 2.05) is 0 Å². The molecule has 0 aromatic carbocycles. The van der Waals surface area contributed by atoms with E-state index < -0.39 is 9.84 Å². The SMILES string of the molecule is O=C1CCC(OC2CCS(=O)(=O)C2)CC1. The van der Waals surface area contributed by atoms with Crippen LogP contribution in [0, 0.1) is 0 Å². The molecule has 0 bridgehead atoms. The summed E-state index contributed by atoms with van der Waals surface area (Å²) in [5, 5.41) is 0. The highest BCUT2D eigenvalue weighted by Crippen LogP contribution is 2.23. The standard InChI is InChI=1S/C10H16O4S/c11-8-1-3-9(4-2-8)14-10-5-6-15(12,13)7-10/h9-10H,1-7H2. The summed E-state index contributed by atoms with van der Waals surface area (Å²) in [6.07, 6.45) is 3.28. The van der Waals surface area contributed by atoms with Gasteiger partial charge in [-0.2, -0.15) is 0 Å². The molecule has 0 N–H and O–H groups in total. The van der Waals surface area contributed by atoms with E-state index in [2.05, 4.69) is 0 Å². The van der Waals surface area contributed by atoms with Crippen LogP contribution in [0.4, 0.5) is 0 Å². The minimum Gasteiger partial charge on any atom is -0.374 e. The quantitative estimate of drug-likeness (QED) is 0.703. The van der Waals surface area contributed by atoms with Crippen molar-refractivity contribution in [1.29, 1.82) is 0 Å². The Hall–Kier alpha value is -0.420. The van der Waals surface area contributed by atoms with Gasteiger partial charge < -0.3 is 4.74 Å². The molecule has 1 saturated heterocycles. The van der Waals surface area contributed by atoms with Crippen LogP contribution in [0.1, 0.15) is 32.1 Å². The molecular formula is C10H16O4S. The molecule has 1 aliphatic carbocycles. The Morgan fingerprint density at radius 3 is 2.27 bits per heavy atom. The summed E-state index contributed by atoms with van der Waals surface area (Å²) in [4.78, 5) is 11.0. The number of Topliss-reactive ketones (excluding diaryl/α,β-unsaturated/α-hetero) is 1. The third-order valence-corrected chi connectivity index (χ3v) is 4.80. The molecule has 15 heavy (non-hydrogen) atoms. The van der Waals surface area contributed by atoms with Crippen LogP contribution in [0.15, 0.2) is 0 Å². The molecule has 0 amide bonds. The fraction of sp³-hybridized carbons (Fsp3) is 0.900. The average molecular weight is 232 g/mol. The second-order valence-corrected chi connectivity index (χ2v) is 6.63. The van der Waals surface area contributed by atoms with Gasteiger partial charge in [-0.1, -0.05) is 0 Å². The fourth-order valence-electron chi connectivity index (χ4n) is 2.19. The molecule has 5 heteroatoms. The Morgan fingerprint density at radius 1 is 1.07 bits per heavy atom. The van der Waals surface area contributed by atoms with Crippen molar-refractivity contribution >= 4 is 15.6 Å². The van der Waals surface area contributed by atoms with Crippen LogP contribution in [-0.2, 0) is 19.4 Å². The van der Waals surface area contributed by atoms with Gasteiger partial charge in [0.05, 0.1) is 23.7 Å². The zero-order chi connectivity index (χ0) is 10.9. The largest absolute Gasteiger partial charge is 0.374 e. The zero-order valence-corrected chi connectivity index (χ0v) is 9.46. The number of hydrogen-bond acceptors (Lipinski definition) is 4. The summed E-state index contributed by atoms with van der Waals surface area (Å²) >= 11 is 0. The zero-order valence-electron chi connectivity index (χ0n) is 8.65. The van der Waals surface area contributed by atoms with Crippen LogP contribution >= 0.6 is 0 Å². The highest BCUT2D eigenvalue weighted by molar-refractivity contribution is 7.91. The molecule has 0 aromatic heterocycles. The first kappa shape index (κ1) is 11.1. The van der Waals surface area contributed by atoms with Crippen LogP contribution < -0.4 is 0 Å². The summed E-state index contributed by atoms with van der Waals surface area (Å²) in [5.41, 5.74) is 0. The number of ketones is 1. The number of hydrogen-bond donors (Lipinski definition) is 0. The van der Waals surface area contributed by atoms with Crippen molar-refractivity contribution in [3.8, 4) is 0 Å². The lowest BCUT2D eigenvalue weighted by Crippen LogP contribution is -2.27. The summed E-state index contributed by atoms with van der Waals surface area (Å²) < 4.78 is 28.1. The Balaban J connectivity index is 1.81. The van der Waals surface area contributed by atoms with Crippen molar-refractivity contribution in [2.75, 3.05) is 11.5 Å². The molecule has 0 radical (unpaired) electrons. The topological polar surface area (TPSA) is 60.4 Å². The van der Waals surface area contributed by atoms with Crippen molar-refractivity contribution < 1.29 is 17.9 Å². The molecular weight excluding hydrogens is 216 g/mol. The van der Waals surface area contributed by atoms with E-state index >= 15 is 0 Å². The Labute approximate surface area is 89.9 Å². The normalized spacial score (nSPS) is 32.0. The molecule has 86 valence electrons. The maximum absolute atomic E-state index is 11.2. The number of sulfone groups is 1. The molecule has 4 nitrogen and oxygen atoms in total. The third kappa shape index (κ3) is 3.01. The van der Waals surface area contributed by atoms with Crippen molar-refractivity contribution in [2.24, 2.45) is 0 Å². The molecule has 1 unspecified atom stereocenters. The first-order valence-corrected chi connectivity index (χ1v) is 7.25. The molecule has 1 heterocycles. The van der Waals surface area contributed by atoms with Crippen molar-refractivity contribution in [3.05, 3.63) is 0 Å². The van der Waals surface area contributed by atoms with E-state index in [-0.39, 0.29) is 23.7 Å².